The molecule has 13 nitrogen and oxygen atoms in total. The molecule has 2 heterocycles. The minimum Gasteiger partial charge on any atom is -0.491 e. The van der Waals surface area contributed by atoms with Crippen LogP contribution in [0, 0.1) is 6.57 Å². The monoisotopic (exact) mass is 588 g/mol. The van der Waals surface area contributed by atoms with Gasteiger partial charge in [-0.05, 0) is 48.5 Å². The maximum Gasteiger partial charge on any atom is 0.490 e. The Kier molecular flexibility index (Phi) is 10.2. The van der Waals surface area contributed by atoms with E-state index in [1.54, 1.807) is 13.8 Å². The summed E-state index contributed by atoms with van der Waals surface area (Å²) in [5.41, 5.74) is 6.22. The van der Waals surface area contributed by atoms with Crippen LogP contribution in [0.25, 0.3) is 15.9 Å². The van der Waals surface area contributed by atoms with E-state index < -0.39 is 35.7 Å². The molecule has 0 bridgehead atoms. The first-order chi connectivity index (χ1) is 19.8. The van der Waals surface area contributed by atoms with Gasteiger partial charge < -0.3 is 30.2 Å². The summed E-state index contributed by atoms with van der Waals surface area (Å²) in [6.45, 7) is 10.9. The van der Waals surface area contributed by atoms with Gasteiger partial charge in [0.05, 0.1) is 18.0 Å². The van der Waals surface area contributed by atoms with Crippen molar-refractivity contribution in [1.29, 1.82) is 0 Å². The predicted molar refractivity (Wildman–Crippen MR) is 141 cm³/mol. The summed E-state index contributed by atoms with van der Waals surface area (Å²) < 4.78 is 45.0. The van der Waals surface area contributed by atoms with E-state index in [1.807, 2.05) is 54.6 Å². The molecule has 16 heteroatoms. The number of alkyl halides is 3. The van der Waals surface area contributed by atoms with Gasteiger partial charge in [-0.1, -0.05) is 30.3 Å². The molecular formula is C26H27F3N8O5. The molecule has 2 aromatic heterocycles. The largest absolute Gasteiger partial charge is 0.491 e. The number of hydrogen-bond donors (Lipinski definition) is 3. The van der Waals surface area contributed by atoms with E-state index in [0.717, 1.165) is 0 Å². The second-order valence-electron chi connectivity index (χ2n) is 9.43. The summed E-state index contributed by atoms with van der Waals surface area (Å²) in [5.74, 6) is -1.74. The molecule has 1 unspecified atom stereocenters. The lowest BCUT2D eigenvalue weighted by molar-refractivity contribution is -0.192. The second kappa shape index (κ2) is 13.5. The molecule has 4 aromatic rings. The molecule has 0 aliphatic rings. The van der Waals surface area contributed by atoms with Crippen LogP contribution in [0.4, 0.5) is 13.2 Å². The van der Waals surface area contributed by atoms with Gasteiger partial charge in [0.2, 0.25) is 12.5 Å². The zero-order valence-electron chi connectivity index (χ0n) is 22.4. The van der Waals surface area contributed by atoms with Gasteiger partial charge in [-0.2, -0.15) is 13.2 Å². The lowest BCUT2D eigenvalue weighted by atomic mass is 10.0. The number of tetrazole rings is 1. The molecule has 0 fully saturated rings. The van der Waals surface area contributed by atoms with Crippen molar-refractivity contribution in [1.82, 2.24) is 30.5 Å². The number of rotatable bonds is 10. The summed E-state index contributed by atoms with van der Waals surface area (Å²) in [4.78, 5) is 29.8. The Morgan fingerprint density at radius 3 is 2.40 bits per heavy atom. The Labute approximate surface area is 237 Å². The van der Waals surface area contributed by atoms with Crippen molar-refractivity contribution >= 4 is 23.0 Å². The van der Waals surface area contributed by atoms with Crippen LogP contribution >= 0.6 is 0 Å². The summed E-state index contributed by atoms with van der Waals surface area (Å²) in [7, 11) is 0. The lowest BCUT2D eigenvalue weighted by Gasteiger charge is -2.24. The van der Waals surface area contributed by atoms with Gasteiger partial charge in [-0.25, -0.2) is 21.0 Å². The van der Waals surface area contributed by atoms with Gasteiger partial charge in [-0.15, -0.1) is 5.10 Å². The van der Waals surface area contributed by atoms with Crippen molar-refractivity contribution in [3.05, 3.63) is 77.7 Å². The van der Waals surface area contributed by atoms with Crippen molar-refractivity contribution in [2.24, 2.45) is 5.73 Å². The number of oxazole rings is 1. The fourth-order valence-corrected chi connectivity index (χ4v) is 3.44. The zero-order chi connectivity index (χ0) is 30.9. The van der Waals surface area contributed by atoms with Crippen molar-refractivity contribution in [3.63, 3.8) is 0 Å². The number of amides is 1. The number of aromatic nitrogens is 5. The van der Waals surface area contributed by atoms with Crippen LogP contribution in [0.2, 0.25) is 0 Å². The first kappa shape index (κ1) is 31.5. The Morgan fingerprint density at radius 2 is 1.81 bits per heavy atom. The average molecular weight is 589 g/mol. The minimum absolute atomic E-state index is 0.0802. The Morgan fingerprint density at radius 1 is 1.17 bits per heavy atom. The third-order valence-corrected chi connectivity index (χ3v) is 5.51. The molecule has 1 amide bonds. The number of carbonyl (C=O) groups is 2. The molecule has 0 saturated carbocycles. The molecular weight excluding hydrogens is 561 g/mol. The highest BCUT2D eigenvalue weighted by Gasteiger charge is 2.38. The third kappa shape index (κ3) is 8.73. The third-order valence-electron chi connectivity index (χ3n) is 5.51. The number of nitrogens with zero attached hydrogens (tertiary/aromatic N) is 6. The molecule has 2 atom stereocenters. The van der Waals surface area contributed by atoms with Gasteiger partial charge in [0.25, 0.3) is 0 Å². The number of halogens is 3. The molecule has 0 spiro atoms. The van der Waals surface area contributed by atoms with E-state index in [1.165, 1.54) is 4.68 Å². The normalized spacial score (nSPS) is 12.9. The van der Waals surface area contributed by atoms with Gasteiger partial charge in [0.15, 0.2) is 23.3 Å². The lowest BCUT2D eigenvalue weighted by Crippen LogP contribution is -2.50. The van der Waals surface area contributed by atoms with Crippen LogP contribution in [0.5, 0.6) is 5.75 Å². The molecule has 222 valence electrons. The molecule has 2 aromatic carbocycles. The number of carboxylic acid groups (broad SMARTS) is 1. The molecule has 42 heavy (non-hydrogen) atoms. The van der Waals surface area contributed by atoms with E-state index in [2.05, 4.69) is 30.7 Å². The van der Waals surface area contributed by atoms with Crippen molar-refractivity contribution in [2.75, 3.05) is 13.2 Å². The predicted octanol–water partition coefficient (Wildman–Crippen LogP) is 3.12. The highest BCUT2D eigenvalue weighted by atomic mass is 19.4. The number of hydrogen-bond acceptors (Lipinski definition) is 9. The van der Waals surface area contributed by atoms with Crippen LogP contribution in [0.3, 0.4) is 0 Å². The van der Waals surface area contributed by atoms with Crippen LogP contribution in [0.1, 0.15) is 37.6 Å². The van der Waals surface area contributed by atoms with E-state index in [9.17, 15) is 18.0 Å². The first-order valence-electron chi connectivity index (χ1n) is 12.3. The van der Waals surface area contributed by atoms with Crippen LogP contribution in [-0.4, -0.2) is 67.0 Å². The first-order valence-corrected chi connectivity index (χ1v) is 12.3. The summed E-state index contributed by atoms with van der Waals surface area (Å²) in [5, 5.41) is 22.2. The van der Waals surface area contributed by atoms with Crippen LogP contribution in [0.15, 0.2) is 59.0 Å². The quantitative estimate of drug-likeness (QED) is 0.233. The molecule has 0 aliphatic heterocycles. The molecule has 4 rings (SSSR count). The Balaban J connectivity index is 0.000000616. The summed E-state index contributed by atoms with van der Waals surface area (Å²) in [6.07, 6.45) is -4.90. The van der Waals surface area contributed by atoms with Crippen LogP contribution in [-0.2, 0) is 16.0 Å². The van der Waals surface area contributed by atoms with Crippen molar-refractivity contribution in [2.45, 2.75) is 44.1 Å². The smallest absolute Gasteiger partial charge is 0.490 e. The standard InChI is InChI=1S/C24H26N8O3.C2HF3O2/c1-24(2,25)23(33)28-19(13-21-27-18-11-7-8-12-20(18)35-21)22-29-30-31-32(22)16(14-26-3)15-34-17-9-5-4-6-10-17;3-2(4,5)1(6)7/h4-12,16,19H,13-15,25H2,1-2H3,(H,28,33);(H,6,7)/t16?,19-;/m1./s1. The van der Waals surface area contributed by atoms with Crippen molar-refractivity contribution in [3.8, 4) is 5.75 Å². The molecule has 0 aliphatic carbocycles. The van der Waals surface area contributed by atoms with Crippen molar-refractivity contribution < 1.29 is 37.0 Å². The van der Waals surface area contributed by atoms with Gasteiger partial charge in [-0.3, -0.25) is 4.79 Å². The highest BCUT2D eigenvalue weighted by Crippen LogP contribution is 2.23. The topological polar surface area (TPSA) is 176 Å². The maximum absolute atomic E-state index is 12.8. The van der Waals surface area contributed by atoms with Gasteiger partial charge in [0.1, 0.15) is 17.9 Å². The Hall–Kier alpha value is -5.04. The number of carbonyl (C=O) groups excluding carboxylic acids is 1. The Bertz CT molecular complexity index is 1490. The number of nitrogens with two attached hydrogens (primary N) is 1. The van der Waals surface area contributed by atoms with E-state index in [0.29, 0.717) is 28.6 Å². The number of nitrogens with one attached hydrogen (secondary N) is 1. The second-order valence-corrected chi connectivity index (χ2v) is 9.43. The highest BCUT2D eigenvalue weighted by molar-refractivity contribution is 5.85. The van der Waals surface area contributed by atoms with E-state index in [-0.39, 0.29) is 19.6 Å². The van der Waals surface area contributed by atoms with Gasteiger partial charge >= 0.3 is 12.1 Å². The van der Waals surface area contributed by atoms with E-state index in [4.69, 9.17) is 31.4 Å². The fourth-order valence-electron chi connectivity index (χ4n) is 3.44. The average Bonchev–Trinajstić information content (AvgIpc) is 3.57. The zero-order valence-corrected chi connectivity index (χ0v) is 22.4. The maximum atomic E-state index is 12.8. The van der Waals surface area contributed by atoms with E-state index >= 15 is 0 Å². The number of fused-ring (bicyclic) bond motifs is 1. The fraction of sp³-hybridized carbons (Fsp3) is 0.346. The summed E-state index contributed by atoms with van der Waals surface area (Å²) >= 11 is 0. The molecule has 0 radical (unpaired) electrons. The van der Waals surface area contributed by atoms with Crippen LogP contribution < -0.4 is 15.8 Å². The summed E-state index contributed by atoms with van der Waals surface area (Å²) in [6, 6.07) is 15.5. The molecule has 0 saturated heterocycles. The number of ether oxygens (including phenoxy) is 1. The SMILES string of the molecule is O=C(O)C(F)(F)F.[C-]#[N+]CC(COc1ccccc1)n1nnnc1[C@@H](Cc1nc2ccccc2o1)NC(=O)C(C)(C)N. The van der Waals surface area contributed by atoms with Gasteiger partial charge in [0, 0.05) is 0 Å². The number of aliphatic carboxylic acids is 1. The number of para-hydroxylation sites is 3. The number of carboxylic acids is 1. The molecule has 4 N–H and O–H groups in total. The number of benzene rings is 2. The minimum atomic E-state index is -5.08.